The molecule has 5 nitrogen and oxygen atoms in total. The zero-order valence-corrected chi connectivity index (χ0v) is 11.5. The standard InChI is InChI=1S/C13H20F2N4O/c1-18-6-4-11(9-18)17-19-5-2-3-10(8-19)13(20)16-7-12(14)15/h4,6,9-10,12,17H,2-3,5,7-8H2,1H3,(H,16,20)/t10-/m0/s1. The van der Waals surface area contributed by atoms with Crippen LogP contribution in [-0.2, 0) is 11.8 Å². The Morgan fingerprint density at radius 1 is 1.55 bits per heavy atom. The van der Waals surface area contributed by atoms with Crippen LogP contribution in [0.2, 0.25) is 0 Å². The van der Waals surface area contributed by atoms with Crippen molar-refractivity contribution in [3.63, 3.8) is 0 Å². The maximum Gasteiger partial charge on any atom is 0.255 e. The van der Waals surface area contributed by atoms with Crippen LogP contribution in [0.4, 0.5) is 14.5 Å². The lowest BCUT2D eigenvalue weighted by Gasteiger charge is -2.32. The molecule has 1 saturated heterocycles. The van der Waals surface area contributed by atoms with Gasteiger partial charge in [-0.2, -0.15) is 0 Å². The van der Waals surface area contributed by atoms with E-state index in [2.05, 4.69) is 10.7 Å². The van der Waals surface area contributed by atoms with Crippen molar-refractivity contribution in [1.82, 2.24) is 14.9 Å². The number of hydrazine groups is 1. The molecular formula is C13H20F2N4O. The van der Waals surface area contributed by atoms with Crippen LogP contribution in [0.3, 0.4) is 0 Å². The minimum Gasteiger partial charge on any atom is -0.355 e. The van der Waals surface area contributed by atoms with Crippen LogP contribution in [0, 0.1) is 5.92 Å². The zero-order valence-electron chi connectivity index (χ0n) is 11.5. The quantitative estimate of drug-likeness (QED) is 0.861. The van der Waals surface area contributed by atoms with E-state index in [0.717, 1.165) is 25.1 Å². The lowest BCUT2D eigenvalue weighted by atomic mass is 9.98. The van der Waals surface area contributed by atoms with Gasteiger partial charge in [-0.15, -0.1) is 0 Å². The Morgan fingerprint density at radius 3 is 3.00 bits per heavy atom. The number of nitrogens with one attached hydrogen (secondary N) is 2. The van der Waals surface area contributed by atoms with Gasteiger partial charge in [0.25, 0.3) is 6.43 Å². The highest BCUT2D eigenvalue weighted by Gasteiger charge is 2.26. The van der Waals surface area contributed by atoms with Crippen molar-refractivity contribution in [2.24, 2.45) is 13.0 Å². The van der Waals surface area contributed by atoms with Gasteiger partial charge in [-0.05, 0) is 18.9 Å². The predicted molar refractivity (Wildman–Crippen MR) is 72.3 cm³/mol. The monoisotopic (exact) mass is 286 g/mol. The molecule has 1 amide bonds. The van der Waals surface area contributed by atoms with Crippen LogP contribution >= 0.6 is 0 Å². The third-order valence-corrected chi connectivity index (χ3v) is 3.34. The lowest BCUT2D eigenvalue weighted by molar-refractivity contribution is -0.127. The summed E-state index contributed by atoms with van der Waals surface area (Å²) in [5.41, 5.74) is 4.20. The second kappa shape index (κ2) is 6.69. The smallest absolute Gasteiger partial charge is 0.255 e. The highest BCUT2D eigenvalue weighted by Crippen LogP contribution is 2.18. The summed E-state index contributed by atoms with van der Waals surface area (Å²) in [5, 5.41) is 4.26. The van der Waals surface area contributed by atoms with Crippen molar-refractivity contribution in [2.45, 2.75) is 19.3 Å². The van der Waals surface area contributed by atoms with Crippen LogP contribution < -0.4 is 10.7 Å². The number of hydrogen-bond donors (Lipinski definition) is 2. The largest absolute Gasteiger partial charge is 0.355 e. The summed E-state index contributed by atoms with van der Waals surface area (Å²) in [6.07, 6.45) is 2.98. The average molecular weight is 286 g/mol. The molecule has 0 saturated carbocycles. The zero-order chi connectivity index (χ0) is 14.5. The minimum absolute atomic E-state index is 0.237. The van der Waals surface area contributed by atoms with Crippen LogP contribution in [-0.4, -0.2) is 41.5 Å². The number of nitrogens with zero attached hydrogens (tertiary/aromatic N) is 2. The molecule has 1 aromatic rings. The Bertz CT molecular complexity index is 449. The summed E-state index contributed by atoms with van der Waals surface area (Å²) < 4.78 is 26.1. The fourth-order valence-corrected chi connectivity index (χ4v) is 2.37. The van der Waals surface area contributed by atoms with Gasteiger partial charge >= 0.3 is 0 Å². The van der Waals surface area contributed by atoms with E-state index in [4.69, 9.17) is 0 Å². The van der Waals surface area contributed by atoms with Crippen LogP contribution in [0.15, 0.2) is 18.5 Å². The first-order valence-corrected chi connectivity index (χ1v) is 6.74. The number of amides is 1. The Labute approximate surface area is 116 Å². The number of piperidine rings is 1. The van der Waals surface area contributed by atoms with E-state index in [1.807, 2.05) is 35.1 Å². The van der Waals surface area contributed by atoms with Crippen molar-refractivity contribution in [1.29, 1.82) is 0 Å². The van der Waals surface area contributed by atoms with Crippen LogP contribution in [0.5, 0.6) is 0 Å². The molecular weight excluding hydrogens is 266 g/mol. The summed E-state index contributed by atoms with van der Waals surface area (Å²) in [7, 11) is 1.93. The maximum absolute atomic E-state index is 12.1. The van der Waals surface area contributed by atoms with E-state index in [1.165, 1.54) is 0 Å². The number of alkyl halides is 2. The second-order valence-corrected chi connectivity index (χ2v) is 5.10. The van der Waals surface area contributed by atoms with Gasteiger partial charge in [0.05, 0.1) is 18.2 Å². The molecule has 1 atom stereocenters. The van der Waals surface area contributed by atoms with Gasteiger partial charge in [-0.25, -0.2) is 13.8 Å². The third-order valence-electron chi connectivity index (χ3n) is 3.34. The molecule has 2 heterocycles. The number of carbonyl (C=O) groups is 1. The number of anilines is 1. The van der Waals surface area contributed by atoms with Crippen LogP contribution in [0.25, 0.3) is 0 Å². The molecule has 2 N–H and O–H groups in total. The topological polar surface area (TPSA) is 49.3 Å². The fourth-order valence-electron chi connectivity index (χ4n) is 2.37. The lowest BCUT2D eigenvalue weighted by Crippen LogP contribution is -2.45. The van der Waals surface area contributed by atoms with Gasteiger partial charge in [-0.1, -0.05) is 0 Å². The minimum atomic E-state index is -2.50. The molecule has 7 heteroatoms. The van der Waals surface area contributed by atoms with E-state index in [1.54, 1.807) is 0 Å². The number of aryl methyl sites for hydroxylation is 1. The van der Waals surface area contributed by atoms with E-state index in [9.17, 15) is 13.6 Å². The van der Waals surface area contributed by atoms with E-state index < -0.39 is 13.0 Å². The van der Waals surface area contributed by atoms with Crippen molar-refractivity contribution < 1.29 is 13.6 Å². The summed E-state index contributed by atoms with van der Waals surface area (Å²) >= 11 is 0. The highest BCUT2D eigenvalue weighted by atomic mass is 19.3. The van der Waals surface area contributed by atoms with Gasteiger partial charge in [0, 0.05) is 32.5 Å². The van der Waals surface area contributed by atoms with Crippen molar-refractivity contribution >= 4 is 11.6 Å². The fraction of sp³-hybridized carbons (Fsp3) is 0.615. The summed E-state index contributed by atoms with van der Waals surface area (Å²) in [4.78, 5) is 11.8. The molecule has 1 aliphatic rings. The van der Waals surface area contributed by atoms with Gasteiger partial charge in [0.1, 0.15) is 0 Å². The number of hydrogen-bond acceptors (Lipinski definition) is 3. The molecule has 0 spiro atoms. The SMILES string of the molecule is Cn1ccc(NN2CCC[C@H](C(=O)NCC(F)F)C2)c1. The Morgan fingerprint density at radius 2 is 2.35 bits per heavy atom. The number of carbonyl (C=O) groups excluding carboxylic acids is 1. The molecule has 0 aromatic carbocycles. The molecule has 1 aromatic heterocycles. The number of halogens is 2. The Kier molecular flexibility index (Phi) is 4.94. The Hall–Kier alpha value is -1.63. The van der Waals surface area contributed by atoms with Crippen LogP contribution in [0.1, 0.15) is 12.8 Å². The van der Waals surface area contributed by atoms with Gasteiger partial charge in [-0.3, -0.25) is 4.79 Å². The molecule has 20 heavy (non-hydrogen) atoms. The normalized spacial score (nSPS) is 20.1. The van der Waals surface area contributed by atoms with Gasteiger partial charge in [0.2, 0.25) is 5.91 Å². The first-order chi connectivity index (χ1) is 9.54. The molecule has 2 rings (SSSR count). The number of aromatic nitrogens is 1. The maximum atomic E-state index is 12.1. The van der Waals surface area contributed by atoms with Crippen molar-refractivity contribution in [3.8, 4) is 0 Å². The number of rotatable bonds is 5. The summed E-state index contributed by atoms with van der Waals surface area (Å²) in [6, 6.07) is 1.94. The van der Waals surface area contributed by atoms with Gasteiger partial charge in [0.15, 0.2) is 0 Å². The molecule has 0 bridgehead atoms. The van der Waals surface area contributed by atoms with E-state index in [-0.39, 0.29) is 11.8 Å². The highest BCUT2D eigenvalue weighted by molar-refractivity contribution is 5.79. The molecule has 0 aliphatic carbocycles. The molecule has 112 valence electrons. The molecule has 0 radical (unpaired) electrons. The first kappa shape index (κ1) is 14.8. The third kappa shape index (κ3) is 4.19. The first-order valence-electron chi connectivity index (χ1n) is 6.74. The molecule has 1 fully saturated rings. The summed E-state index contributed by atoms with van der Waals surface area (Å²) in [5.74, 6) is -0.524. The molecule has 1 aliphatic heterocycles. The van der Waals surface area contributed by atoms with E-state index in [0.29, 0.717) is 6.54 Å². The molecule has 0 unspecified atom stereocenters. The van der Waals surface area contributed by atoms with E-state index >= 15 is 0 Å². The Balaban J connectivity index is 1.83. The summed E-state index contributed by atoms with van der Waals surface area (Å²) in [6.45, 7) is 0.804. The second-order valence-electron chi connectivity index (χ2n) is 5.10. The van der Waals surface area contributed by atoms with Crippen molar-refractivity contribution in [3.05, 3.63) is 18.5 Å². The average Bonchev–Trinajstić information content (AvgIpc) is 2.81. The predicted octanol–water partition coefficient (Wildman–Crippen LogP) is 1.45. The van der Waals surface area contributed by atoms with Crippen molar-refractivity contribution in [2.75, 3.05) is 25.1 Å². The van der Waals surface area contributed by atoms with Gasteiger partial charge < -0.3 is 15.3 Å².